The maximum absolute atomic E-state index is 10.9. The standard InChI is InChI=1S/C8H8N2O2S2/c1-2-12-7(11)5-14-8(13)6(3-9)4-10/h13H,2,5H2,1H3. The highest BCUT2D eigenvalue weighted by molar-refractivity contribution is 8.15. The number of nitriles is 2. The van der Waals surface area contributed by atoms with Crippen molar-refractivity contribution < 1.29 is 9.53 Å². The van der Waals surface area contributed by atoms with E-state index in [4.69, 9.17) is 10.5 Å². The van der Waals surface area contributed by atoms with Gasteiger partial charge in [-0.15, -0.1) is 24.4 Å². The molecule has 0 aliphatic rings. The third kappa shape index (κ3) is 4.80. The molecule has 0 amide bonds. The Morgan fingerprint density at radius 3 is 2.50 bits per heavy atom. The Morgan fingerprint density at radius 1 is 1.50 bits per heavy atom. The molecule has 0 aromatic rings. The minimum absolute atomic E-state index is 0.0551. The largest absolute Gasteiger partial charge is 0.465 e. The summed E-state index contributed by atoms with van der Waals surface area (Å²) in [6, 6.07) is 3.35. The van der Waals surface area contributed by atoms with Gasteiger partial charge < -0.3 is 4.74 Å². The van der Waals surface area contributed by atoms with E-state index in [1.54, 1.807) is 19.1 Å². The summed E-state index contributed by atoms with van der Waals surface area (Å²) in [7, 11) is 0. The van der Waals surface area contributed by atoms with Gasteiger partial charge in [-0.3, -0.25) is 4.79 Å². The normalized spacial score (nSPS) is 8.29. The maximum atomic E-state index is 10.9. The van der Waals surface area contributed by atoms with Crippen molar-refractivity contribution in [2.24, 2.45) is 0 Å². The smallest absolute Gasteiger partial charge is 0.316 e. The lowest BCUT2D eigenvalue weighted by molar-refractivity contribution is -0.139. The summed E-state index contributed by atoms with van der Waals surface area (Å²) in [5, 5.41) is 16.9. The number of thiol groups is 1. The Kier molecular flexibility index (Phi) is 6.73. The number of ether oxygens (including phenoxy) is 1. The van der Waals surface area contributed by atoms with Gasteiger partial charge in [-0.1, -0.05) is 0 Å². The number of thioether (sulfide) groups is 1. The fourth-order valence-electron chi connectivity index (χ4n) is 0.523. The third-order valence-electron chi connectivity index (χ3n) is 1.07. The second-order valence-electron chi connectivity index (χ2n) is 2.00. The van der Waals surface area contributed by atoms with Crippen LogP contribution in [0.3, 0.4) is 0 Å². The first-order valence-corrected chi connectivity index (χ1v) is 5.10. The molecule has 0 saturated carbocycles. The zero-order valence-corrected chi connectivity index (χ0v) is 9.19. The number of esters is 1. The minimum Gasteiger partial charge on any atom is -0.465 e. The number of allylic oxidation sites excluding steroid dienone is 1. The number of carbonyl (C=O) groups excluding carboxylic acids is 1. The highest BCUT2D eigenvalue weighted by Crippen LogP contribution is 2.22. The lowest BCUT2D eigenvalue weighted by atomic mass is 10.4. The number of rotatable bonds is 4. The van der Waals surface area contributed by atoms with E-state index in [1.165, 1.54) is 0 Å². The molecule has 0 unspecified atom stereocenters. The monoisotopic (exact) mass is 228 g/mol. The summed E-state index contributed by atoms with van der Waals surface area (Å²) >= 11 is 4.92. The molecular weight excluding hydrogens is 220 g/mol. The second-order valence-corrected chi connectivity index (χ2v) is 3.73. The lowest BCUT2D eigenvalue weighted by Gasteiger charge is -2.00. The van der Waals surface area contributed by atoms with Crippen molar-refractivity contribution in [1.82, 2.24) is 0 Å². The van der Waals surface area contributed by atoms with Crippen molar-refractivity contribution in [3.8, 4) is 12.1 Å². The van der Waals surface area contributed by atoms with E-state index in [2.05, 4.69) is 17.4 Å². The molecule has 4 nitrogen and oxygen atoms in total. The van der Waals surface area contributed by atoms with Gasteiger partial charge in [0.15, 0.2) is 0 Å². The van der Waals surface area contributed by atoms with Crippen LogP contribution < -0.4 is 0 Å². The topological polar surface area (TPSA) is 73.9 Å². The lowest BCUT2D eigenvalue weighted by Crippen LogP contribution is -2.06. The van der Waals surface area contributed by atoms with Gasteiger partial charge in [0.25, 0.3) is 0 Å². The molecule has 74 valence electrons. The van der Waals surface area contributed by atoms with Crippen LogP contribution in [0.5, 0.6) is 0 Å². The zero-order chi connectivity index (χ0) is 11.0. The van der Waals surface area contributed by atoms with Gasteiger partial charge in [-0.25, -0.2) is 0 Å². The zero-order valence-electron chi connectivity index (χ0n) is 7.48. The Morgan fingerprint density at radius 2 is 2.07 bits per heavy atom. The molecule has 0 spiro atoms. The van der Waals surface area contributed by atoms with Crippen molar-refractivity contribution in [3.63, 3.8) is 0 Å². The second kappa shape index (κ2) is 7.31. The molecule has 0 aromatic heterocycles. The highest BCUT2D eigenvalue weighted by atomic mass is 32.2. The Bertz CT molecular complexity index is 309. The average Bonchev–Trinajstić information content (AvgIpc) is 2.17. The average molecular weight is 228 g/mol. The first-order valence-electron chi connectivity index (χ1n) is 3.67. The van der Waals surface area contributed by atoms with Crippen LogP contribution in [0.15, 0.2) is 9.81 Å². The third-order valence-corrected chi connectivity index (χ3v) is 2.54. The van der Waals surface area contributed by atoms with Crippen LogP contribution in [0, 0.1) is 22.7 Å². The van der Waals surface area contributed by atoms with E-state index in [1.807, 2.05) is 0 Å². The van der Waals surface area contributed by atoms with Gasteiger partial charge >= 0.3 is 5.97 Å². The van der Waals surface area contributed by atoms with Crippen LogP contribution in [0.1, 0.15) is 6.92 Å². The van der Waals surface area contributed by atoms with Gasteiger partial charge in [0.2, 0.25) is 0 Å². The maximum Gasteiger partial charge on any atom is 0.316 e. The molecule has 6 heteroatoms. The van der Waals surface area contributed by atoms with Crippen LogP contribution in [-0.2, 0) is 9.53 Å². The summed E-state index contributed by atoms with van der Waals surface area (Å²) in [5.41, 5.74) is -0.0948. The quantitative estimate of drug-likeness (QED) is 0.448. The van der Waals surface area contributed by atoms with Gasteiger partial charge in [0.1, 0.15) is 17.7 Å². The van der Waals surface area contributed by atoms with Crippen molar-refractivity contribution in [2.45, 2.75) is 6.92 Å². The first-order chi connectivity index (χ1) is 6.65. The van der Waals surface area contributed by atoms with Crippen molar-refractivity contribution in [2.75, 3.05) is 12.4 Å². The molecule has 0 heterocycles. The molecule has 0 aromatic carbocycles. The number of hydrogen-bond donors (Lipinski definition) is 1. The molecule has 0 rings (SSSR count). The van der Waals surface area contributed by atoms with E-state index in [0.29, 0.717) is 6.61 Å². The van der Waals surface area contributed by atoms with Crippen LogP contribution in [0.2, 0.25) is 0 Å². The fourth-order valence-corrected chi connectivity index (χ4v) is 1.39. The molecule has 14 heavy (non-hydrogen) atoms. The summed E-state index contributed by atoms with van der Waals surface area (Å²) in [4.78, 5) is 10.9. The molecular formula is C8H8N2O2S2. The number of hydrogen-bond acceptors (Lipinski definition) is 6. The molecule has 0 fully saturated rings. The van der Waals surface area contributed by atoms with Crippen LogP contribution in [0.4, 0.5) is 0 Å². The van der Waals surface area contributed by atoms with Crippen LogP contribution >= 0.6 is 24.4 Å². The first kappa shape index (κ1) is 12.9. The Balaban J connectivity index is 4.16. The molecule has 0 atom stereocenters. The van der Waals surface area contributed by atoms with E-state index in [0.717, 1.165) is 11.8 Å². The van der Waals surface area contributed by atoms with E-state index < -0.39 is 0 Å². The van der Waals surface area contributed by atoms with Crippen LogP contribution in [0.25, 0.3) is 0 Å². The molecule has 0 radical (unpaired) electrons. The van der Waals surface area contributed by atoms with Crippen LogP contribution in [-0.4, -0.2) is 18.3 Å². The molecule has 0 aliphatic carbocycles. The van der Waals surface area contributed by atoms with Crippen molar-refractivity contribution in [1.29, 1.82) is 10.5 Å². The summed E-state index contributed by atoms with van der Waals surface area (Å²) < 4.78 is 4.90. The molecule has 0 aliphatic heterocycles. The van der Waals surface area contributed by atoms with Gasteiger partial charge in [-0.2, -0.15) is 10.5 Å². The summed E-state index contributed by atoms with van der Waals surface area (Å²) in [6.07, 6.45) is 0. The van der Waals surface area contributed by atoms with Gasteiger partial charge in [0.05, 0.1) is 16.6 Å². The van der Waals surface area contributed by atoms with E-state index >= 15 is 0 Å². The van der Waals surface area contributed by atoms with Gasteiger partial charge in [0, 0.05) is 0 Å². The molecule has 0 saturated heterocycles. The molecule has 0 bridgehead atoms. The Labute approximate surface area is 91.9 Å². The van der Waals surface area contributed by atoms with E-state index in [9.17, 15) is 4.79 Å². The fraction of sp³-hybridized carbons (Fsp3) is 0.375. The summed E-state index contributed by atoms with van der Waals surface area (Å²) in [6.45, 7) is 2.02. The van der Waals surface area contributed by atoms with Gasteiger partial charge in [-0.05, 0) is 6.92 Å². The number of carbonyl (C=O) groups is 1. The highest BCUT2D eigenvalue weighted by Gasteiger charge is 2.06. The predicted molar refractivity (Wildman–Crippen MR) is 56.3 cm³/mol. The predicted octanol–water partition coefficient (Wildman–Crippen LogP) is 1.47. The minimum atomic E-state index is -0.390. The Hall–Kier alpha value is -1.11. The SMILES string of the molecule is CCOC(=O)CSC(S)=C(C#N)C#N. The number of nitrogens with zero attached hydrogens (tertiary/aromatic N) is 2. The van der Waals surface area contributed by atoms with E-state index in [-0.39, 0.29) is 21.5 Å². The molecule has 0 N–H and O–H groups in total. The van der Waals surface area contributed by atoms with Crippen molar-refractivity contribution in [3.05, 3.63) is 9.81 Å². The van der Waals surface area contributed by atoms with Crippen molar-refractivity contribution >= 4 is 30.4 Å². The summed E-state index contributed by atoms with van der Waals surface area (Å²) in [5.74, 6) is -0.334.